The predicted octanol–water partition coefficient (Wildman–Crippen LogP) is 2.39. The molecule has 4 rings (SSSR count). The number of ether oxygens (including phenoxy) is 1. The van der Waals surface area contributed by atoms with Gasteiger partial charge in [0.2, 0.25) is 0 Å². The number of nitrogens with zero attached hydrogens (tertiary/aromatic N) is 2. The maximum absolute atomic E-state index is 12.6. The summed E-state index contributed by atoms with van der Waals surface area (Å²) in [7, 11) is 0. The summed E-state index contributed by atoms with van der Waals surface area (Å²) < 4.78 is 8.00. The number of nitrogens with two attached hydrogens (primary N) is 1. The minimum absolute atomic E-state index is 0.162. The highest BCUT2D eigenvalue weighted by Gasteiger charge is 2.46. The Hall–Kier alpha value is -1.99. The zero-order valence-electron chi connectivity index (χ0n) is 15.4. The number of rotatable bonds is 5. The average molecular weight is 387 g/mol. The Morgan fingerprint density at radius 2 is 2.26 bits per heavy atom. The fraction of sp³-hybridized carbons (Fsp3) is 0.550. The van der Waals surface area contributed by atoms with Crippen molar-refractivity contribution in [3.8, 4) is 0 Å². The molecule has 1 aliphatic heterocycles. The zero-order chi connectivity index (χ0) is 18.9. The lowest BCUT2D eigenvalue weighted by Crippen LogP contribution is -2.52. The molecule has 2 unspecified atom stereocenters. The number of hydrogen-bond acceptors (Lipinski definition) is 5. The molecule has 27 heavy (non-hydrogen) atoms. The molecule has 2 aromatic heterocycles. The summed E-state index contributed by atoms with van der Waals surface area (Å²) >= 11 is 5.52. The van der Waals surface area contributed by atoms with Crippen LogP contribution in [0.3, 0.4) is 0 Å². The Bertz CT molecular complexity index is 845. The largest absolute Gasteiger partial charge is 0.460 e. The molecule has 0 amide bonds. The van der Waals surface area contributed by atoms with Crippen molar-refractivity contribution in [3.05, 3.63) is 36.3 Å². The van der Waals surface area contributed by atoms with Crippen LogP contribution in [0.25, 0.3) is 5.65 Å². The Morgan fingerprint density at radius 1 is 1.37 bits per heavy atom. The minimum atomic E-state index is -0.490. The molecule has 3 N–H and O–H groups in total. The van der Waals surface area contributed by atoms with Gasteiger partial charge >= 0.3 is 5.97 Å². The molecule has 3 heterocycles. The second-order valence-corrected chi connectivity index (χ2v) is 8.19. The number of fused-ring (bicyclic) bond motifs is 1. The topological polar surface area (TPSA) is 81.7 Å². The number of hydrogen-bond donors (Lipinski definition) is 2. The lowest BCUT2D eigenvalue weighted by atomic mass is 9.68. The Labute approximate surface area is 164 Å². The molecule has 144 valence electrons. The lowest BCUT2D eigenvalue weighted by Gasteiger charge is -2.43. The fourth-order valence-electron chi connectivity index (χ4n) is 4.49. The molecule has 2 aliphatic rings. The average Bonchev–Trinajstić information content (AvgIpc) is 3.34. The number of carbonyl (C=O) groups excluding carboxylic acids is 1. The quantitative estimate of drug-likeness (QED) is 0.607. The highest BCUT2D eigenvalue weighted by atomic mass is 32.1. The smallest absolute Gasteiger partial charge is 0.323 e. The van der Waals surface area contributed by atoms with Gasteiger partial charge < -0.3 is 20.2 Å². The van der Waals surface area contributed by atoms with Gasteiger partial charge in [-0.3, -0.25) is 4.79 Å². The van der Waals surface area contributed by atoms with Crippen molar-refractivity contribution in [2.75, 3.05) is 6.54 Å². The number of carbonyl (C=O) groups is 1. The highest BCUT2D eigenvalue weighted by molar-refractivity contribution is 7.80. The van der Waals surface area contributed by atoms with E-state index in [1.807, 2.05) is 16.7 Å². The van der Waals surface area contributed by atoms with E-state index in [4.69, 9.17) is 22.7 Å². The van der Waals surface area contributed by atoms with Gasteiger partial charge in [-0.2, -0.15) is 0 Å². The van der Waals surface area contributed by atoms with Gasteiger partial charge in [0, 0.05) is 18.6 Å². The van der Waals surface area contributed by atoms with Crippen molar-refractivity contribution in [1.29, 1.82) is 0 Å². The summed E-state index contributed by atoms with van der Waals surface area (Å²) in [5.41, 5.74) is 7.80. The summed E-state index contributed by atoms with van der Waals surface area (Å²) in [4.78, 5) is 17.4. The maximum Gasteiger partial charge on any atom is 0.323 e. The molecular formula is C20H26N4O2S. The molecule has 0 spiro atoms. The normalized spacial score (nSPS) is 28.3. The molecule has 2 fully saturated rings. The highest BCUT2D eigenvalue weighted by Crippen LogP contribution is 2.42. The summed E-state index contributed by atoms with van der Waals surface area (Å²) in [6.07, 6.45) is 11.8. The Kier molecular flexibility index (Phi) is 5.14. The van der Waals surface area contributed by atoms with E-state index in [9.17, 15) is 4.79 Å². The van der Waals surface area contributed by atoms with Gasteiger partial charge in [-0.1, -0.05) is 24.7 Å². The molecule has 3 atom stereocenters. The second kappa shape index (κ2) is 7.56. The summed E-state index contributed by atoms with van der Waals surface area (Å²) in [5, 5.41) is 3.22. The van der Waals surface area contributed by atoms with E-state index >= 15 is 0 Å². The number of aromatic nitrogens is 2. The number of pyridine rings is 1. The van der Waals surface area contributed by atoms with Crippen molar-refractivity contribution >= 4 is 28.8 Å². The van der Waals surface area contributed by atoms with Crippen molar-refractivity contribution in [2.45, 2.75) is 57.1 Å². The molecule has 0 radical (unpaired) electrons. The van der Waals surface area contributed by atoms with E-state index in [1.165, 1.54) is 0 Å². The first-order chi connectivity index (χ1) is 13.1. The van der Waals surface area contributed by atoms with E-state index in [1.54, 1.807) is 6.20 Å². The molecule has 1 saturated carbocycles. The molecule has 1 aliphatic carbocycles. The van der Waals surface area contributed by atoms with Gasteiger partial charge in [-0.25, -0.2) is 4.98 Å². The van der Waals surface area contributed by atoms with Crippen molar-refractivity contribution in [1.82, 2.24) is 14.7 Å². The minimum Gasteiger partial charge on any atom is -0.460 e. The van der Waals surface area contributed by atoms with Gasteiger partial charge in [0.1, 0.15) is 17.8 Å². The van der Waals surface area contributed by atoms with Crippen molar-refractivity contribution in [2.24, 2.45) is 11.1 Å². The first-order valence-corrected chi connectivity index (χ1v) is 10.1. The third kappa shape index (κ3) is 3.58. The van der Waals surface area contributed by atoms with Gasteiger partial charge in [0.25, 0.3) is 0 Å². The number of imidazole rings is 1. The summed E-state index contributed by atoms with van der Waals surface area (Å²) in [6.45, 7) is 0.871. The molecule has 6 nitrogen and oxygen atoms in total. The van der Waals surface area contributed by atoms with Gasteiger partial charge in [-0.15, -0.1) is 0 Å². The van der Waals surface area contributed by atoms with Crippen LogP contribution in [0.4, 0.5) is 0 Å². The van der Waals surface area contributed by atoms with E-state index in [0.29, 0.717) is 11.4 Å². The third-order valence-corrected chi connectivity index (χ3v) is 6.43. The monoisotopic (exact) mass is 386 g/mol. The lowest BCUT2D eigenvalue weighted by molar-refractivity contribution is -0.158. The second-order valence-electron chi connectivity index (χ2n) is 7.75. The predicted molar refractivity (Wildman–Crippen MR) is 107 cm³/mol. The third-order valence-electron chi connectivity index (χ3n) is 6.02. The maximum atomic E-state index is 12.6. The first-order valence-electron chi connectivity index (χ1n) is 9.74. The van der Waals surface area contributed by atoms with Crippen LogP contribution < -0.4 is 11.1 Å². The van der Waals surface area contributed by atoms with Crippen LogP contribution in [0.1, 0.15) is 44.1 Å². The number of esters is 1. The van der Waals surface area contributed by atoms with Crippen LogP contribution >= 0.6 is 12.2 Å². The van der Waals surface area contributed by atoms with Crippen molar-refractivity contribution in [3.63, 3.8) is 0 Å². The molecule has 2 aromatic rings. The molecule has 0 bridgehead atoms. The van der Waals surface area contributed by atoms with Crippen LogP contribution in [0, 0.1) is 5.41 Å². The number of thiocarbonyl (C=S) groups is 1. The van der Waals surface area contributed by atoms with Crippen molar-refractivity contribution < 1.29 is 9.53 Å². The molecule has 1 saturated heterocycles. The van der Waals surface area contributed by atoms with E-state index in [0.717, 1.165) is 56.3 Å². The molecule has 0 aromatic carbocycles. The summed E-state index contributed by atoms with van der Waals surface area (Å²) in [6, 6.07) is 3.86. The van der Waals surface area contributed by atoms with Crippen LogP contribution in [-0.2, 0) is 16.0 Å². The van der Waals surface area contributed by atoms with Gasteiger partial charge in [-0.05, 0) is 56.7 Å². The van der Waals surface area contributed by atoms with Crippen LogP contribution in [-0.4, -0.2) is 39.0 Å². The fourth-order valence-corrected chi connectivity index (χ4v) is 4.80. The Balaban J connectivity index is 1.60. The van der Waals surface area contributed by atoms with Gasteiger partial charge in [0.05, 0.1) is 10.4 Å². The zero-order valence-corrected chi connectivity index (χ0v) is 16.2. The number of nitrogens with one attached hydrogen (secondary N) is 1. The first kappa shape index (κ1) is 18.4. The Morgan fingerprint density at radius 3 is 3.04 bits per heavy atom. The van der Waals surface area contributed by atoms with E-state index < -0.39 is 5.41 Å². The van der Waals surface area contributed by atoms with Crippen LogP contribution in [0.15, 0.2) is 30.7 Å². The molecular weight excluding hydrogens is 360 g/mol. The van der Waals surface area contributed by atoms with Crippen LogP contribution in [0.2, 0.25) is 0 Å². The van der Waals surface area contributed by atoms with E-state index in [2.05, 4.69) is 22.6 Å². The van der Waals surface area contributed by atoms with Crippen LogP contribution in [0.5, 0.6) is 0 Å². The molecule has 7 heteroatoms. The van der Waals surface area contributed by atoms with Gasteiger partial charge in [0.15, 0.2) is 0 Å². The standard InChI is InChI=1S/C20H26N4O2S/c21-19(27)20(12-14-6-7-17-23-10-11-24(17)13-14)8-2-1-5-16(20)26-18(25)15-4-3-9-22-15/h6-7,10-11,13,15-16,22H,1-5,8-9,12H2,(H2,21,27)/t15-,16?,20?/m1/s1. The van der Waals surface area contributed by atoms with E-state index in [-0.39, 0.29) is 18.1 Å². The SMILES string of the molecule is NC(=S)C1(Cc2ccc3nccn3c2)CCCCC1OC(=O)[C@H]1CCCN1. The summed E-state index contributed by atoms with van der Waals surface area (Å²) in [5.74, 6) is -0.162.